The molecule has 0 saturated carbocycles. The minimum atomic E-state index is -1.01. The van der Waals surface area contributed by atoms with Gasteiger partial charge in [-0.3, -0.25) is 4.79 Å². The zero-order valence-corrected chi connectivity index (χ0v) is 8.84. The van der Waals surface area contributed by atoms with Crippen LogP contribution in [0.1, 0.15) is 22.8 Å². The number of benzene rings is 1. The molecular formula is C11H13NO4. The number of amides is 1. The van der Waals surface area contributed by atoms with Crippen LogP contribution in [-0.4, -0.2) is 23.1 Å². The molecule has 0 saturated heterocycles. The third kappa shape index (κ3) is 3.36. The molecule has 5 heteroatoms. The summed E-state index contributed by atoms with van der Waals surface area (Å²) in [6.45, 7) is 1.65. The molecule has 0 aliphatic rings. The number of carbonyl (C=O) groups excluding carboxylic acids is 1. The van der Waals surface area contributed by atoms with E-state index in [1.807, 2.05) is 0 Å². The van der Waals surface area contributed by atoms with Crippen LogP contribution in [0.25, 0.3) is 0 Å². The largest absolute Gasteiger partial charge is 0.479 e. The summed E-state index contributed by atoms with van der Waals surface area (Å²) in [6.07, 6.45) is -0.851. The van der Waals surface area contributed by atoms with E-state index in [1.54, 1.807) is 24.3 Å². The summed E-state index contributed by atoms with van der Waals surface area (Å²) in [4.78, 5) is 21.3. The number of carboxylic acid groups (broad SMARTS) is 1. The van der Waals surface area contributed by atoms with Gasteiger partial charge in [0, 0.05) is 5.56 Å². The maximum atomic E-state index is 10.8. The first-order valence-electron chi connectivity index (χ1n) is 4.74. The molecule has 0 bridgehead atoms. The maximum Gasteiger partial charge on any atom is 0.332 e. The number of hydrogen-bond donors (Lipinski definition) is 2. The van der Waals surface area contributed by atoms with E-state index < -0.39 is 18.0 Å². The Kier molecular flexibility index (Phi) is 4.02. The van der Waals surface area contributed by atoms with Crippen LogP contribution in [0.3, 0.4) is 0 Å². The summed E-state index contributed by atoms with van der Waals surface area (Å²) in [5.41, 5.74) is 6.28. The Balaban J connectivity index is 2.56. The predicted octanol–water partition coefficient (Wildman–Crippen LogP) is 0.775. The van der Waals surface area contributed by atoms with Crippen molar-refractivity contribution in [2.75, 3.05) is 0 Å². The molecule has 1 aromatic rings. The van der Waals surface area contributed by atoms with Gasteiger partial charge in [-0.05, 0) is 24.6 Å². The first-order chi connectivity index (χ1) is 7.50. The summed E-state index contributed by atoms with van der Waals surface area (Å²) >= 11 is 0. The second-order valence-electron chi connectivity index (χ2n) is 3.35. The van der Waals surface area contributed by atoms with Crippen molar-refractivity contribution in [2.24, 2.45) is 5.73 Å². The first kappa shape index (κ1) is 12.2. The van der Waals surface area contributed by atoms with E-state index in [-0.39, 0.29) is 6.61 Å². The lowest BCUT2D eigenvalue weighted by atomic mass is 10.1. The predicted molar refractivity (Wildman–Crippen MR) is 56.8 cm³/mol. The molecule has 0 radical (unpaired) electrons. The van der Waals surface area contributed by atoms with E-state index in [1.165, 1.54) is 6.92 Å². The Labute approximate surface area is 92.8 Å². The number of nitrogens with two attached hydrogens (primary N) is 1. The smallest absolute Gasteiger partial charge is 0.332 e. The van der Waals surface area contributed by atoms with Crippen molar-refractivity contribution in [2.45, 2.75) is 19.6 Å². The van der Waals surface area contributed by atoms with Gasteiger partial charge in [-0.1, -0.05) is 12.1 Å². The van der Waals surface area contributed by atoms with Crippen LogP contribution in [0.5, 0.6) is 0 Å². The van der Waals surface area contributed by atoms with Crippen LogP contribution < -0.4 is 5.73 Å². The molecule has 0 aliphatic heterocycles. The van der Waals surface area contributed by atoms with E-state index in [0.29, 0.717) is 5.56 Å². The molecule has 1 aromatic carbocycles. The highest BCUT2D eigenvalue weighted by molar-refractivity contribution is 5.92. The topological polar surface area (TPSA) is 89.6 Å². The quantitative estimate of drug-likeness (QED) is 0.771. The molecule has 1 atom stereocenters. The standard InChI is InChI=1S/C11H13NO4/c1-7(11(14)15)16-6-8-2-4-9(5-3-8)10(12)13/h2-5,7H,6H2,1H3,(H2,12,13)(H,14,15)/t7-/m1/s1. The van der Waals surface area contributed by atoms with Crippen molar-refractivity contribution < 1.29 is 19.4 Å². The minimum absolute atomic E-state index is 0.187. The lowest BCUT2D eigenvalue weighted by Gasteiger charge is -2.08. The van der Waals surface area contributed by atoms with Gasteiger partial charge in [0.2, 0.25) is 5.91 Å². The molecule has 0 spiro atoms. The summed E-state index contributed by atoms with van der Waals surface area (Å²) in [5, 5.41) is 8.59. The van der Waals surface area contributed by atoms with Gasteiger partial charge < -0.3 is 15.6 Å². The SMILES string of the molecule is C[C@@H](OCc1ccc(C(N)=O)cc1)C(=O)O. The zero-order valence-electron chi connectivity index (χ0n) is 8.84. The normalized spacial score (nSPS) is 12.1. The second-order valence-corrected chi connectivity index (χ2v) is 3.35. The Morgan fingerprint density at radius 2 is 1.94 bits per heavy atom. The van der Waals surface area contributed by atoms with Crippen LogP contribution >= 0.6 is 0 Å². The minimum Gasteiger partial charge on any atom is -0.479 e. The maximum absolute atomic E-state index is 10.8. The van der Waals surface area contributed by atoms with Crippen molar-refractivity contribution in [3.05, 3.63) is 35.4 Å². The number of rotatable bonds is 5. The summed E-state index contributed by atoms with van der Waals surface area (Å²) in [6, 6.07) is 6.50. The molecule has 0 unspecified atom stereocenters. The molecule has 0 fully saturated rings. The lowest BCUT2D eigenvalue weighted by Crippen LogP contribution is -2.19. The number of primary amides is 1. The van der Waals surface area contributed by atoms with Crippen LogP contribution in [0.2, 0.25) is 0 Å². The molecule has 1 rings (SSSR count). The van der Waals surface area contributed by atoms with E-state index in [2.05, 4.69) is 0 Å². The number of carbonyl (C=O) groups is 2. The monoisotopic (exact) mass is 223 g/mol. The Hall–Kier alpha value is -1.88. The number of hydrogen-bond acceptors (Lipinski definition) is 3. The zero-order chi connectivity index (χ0) is 12.1. The summed E-state index contributed by atoms with van der Waals surface area (Å²) in [5.74, 6) is -1.50. The number of carboxylic acids is 1. The van der Waals surface area contributed by atoms with Crippen LogP contribution in [0, 0.1) is 0 Å². The molecule has 0 aliphatic carbocycles. The molecule has 86 valence electrons. The van der Waals surface area contributed by atoms with Crippen LogP contribution in [0.4, 0.5) is 0 Å². The van der Waals surface area contributed by atoms with Crippen molar-refractivity contribution in [1.82, 2.24) is 0 Å². The Morgan fingerprint density at radius 3 is 2.38 bits per heavy atom. The van der Waals surface area contributed by atoms with E-state index >= 15 is 0 Å². The fraction of sp³-hybridized carbons (Fsp3) is 0.273. The first-order valence-corrected chi connectivity index (χ1v) is 4.74. The summed E-state index contributed by atoms with van der Waals surface area (Å²) in [7, 11) is 0. The molecule has 5 nitrogen and oxygen atoms in total. The molecular weight excluding hydrogens is 210 g/mol. The number of ether oxygens (including phenoxy) is 1. The Morgan fingerprint density at radius 1 is 1.38 bits per heavy atom. The Bertz CT molecular complexity index is 385. The van der Waals surface area contributed by atoms with Gasteiger partial charge in [-0.2, -0.15) is 0 Å². The average molecular weight is 223 g/mol. The van der Waals surface area contributed by atoms with E-state index in [4.69, 9.17) is 15.6 Å². The fourth-order valence-electron chi connectivity index (χ4n) is 1.06. The molecule has 3 N–H and O–H groups in total. The lowest BCUT2D eigenvalue weighted by molar-refractivity contribution is -0.149. The van der Waals surface area contributed by atoms with Crippen molar-refractivity contribution >= 4 is 11.9 Å². The van der Waals surface area contributed by atoms with Crippen LogP contribution in [0.15, 0.2) is 24.3 Å². The highest BCUT2D eigenvalue weighted by atomic mass is 16.5. The van der Waals surface area contributed by atoms with Crippen LogP contribution in [-0.2, 0) is 16.1 Å². The van der Waals surface area contributed by atoms with E-state index in [9.17, 15) is 9.59 Å². The van der Waals surface area contributed by atoms with Gasteiger partial charge >= 0.3 is 5.97 Å². The van der Waals surface area contributed by atoms with Gasteiger partial charge in [0.05, 0.1) is 6.61 Å². The molecule has 0 aromatic heterocycles. The molecule has 0 heterocycles. The van der Waals surface area contributed by atoms with Crippen molar-refractivity contribution in [3.8, 4) is 0 Å². The third-order valence-corrected chi connectivity index (χ3v) is 2.09. The number of aliphatic carboxylic acids is 1. The van der Waals surface area contributed by atoms with Gasteiger partial charge in [0.15, 0.2) is 6.10 Å². The summed E-state index contributed by atoms with van der Waals surface area (Å²) < 4.78 is 5.07. The van der Waals surface area contributed by atoms with Gasteiger partial charge in [-0.15, -0.1) is 0 Å². The fourth-order valence-corrected chi connectivity index (χ4v) is 1.06. The van der Waals surface area contributed by atoms with Crippen molar-refractivity contribution in [3.63, 3.8) is 0 Å². The van der Waals surface area contributed by atoms with Gasteiger partial charge in [0.1, 0.15) is 0 Å². The van der Waals surface area contributed by atoms with Gasteiger partial charge in [0.25, 0.3) is 0 Å². The third-order valence-electron chi connectivity index (χ3n) is 2.09. The highest BCUT2D eigenvalue weighted by Gasteiger charge is 2.10. The van der Waals surface area contributed by atoms with Crippen molar-refractivity contribution in [1.29, 1.82) is 0 Å². The van der Waals surface area contributed by atoms with E-state index in [0.717, 1.165) is 5.56 Å². The molecule has 16 heavy (non-hydrogen) atoms. The highest BCUT2D eigenvalue weighted by Crippen LogP contribution is 2.06. The molecule has 1 amide bonds. The van der Waals surface area contributed by atoms with Gasteiger partial charge in [-0.25, -0.2) is 4.79 Å². The second kappa shape index (κ2) is 5.27. The average Bonchev–Trinajstić information content (AvgIpc) is 2.26.